The largest absolute Gasteiger partial charge is 0.357 e. The molecule has 2 aliphatic rings. The average Bonchev–Trinajstić information content (AvgIpc) is 3.05. The van der Waals surface area contributed by atoms with Crippen molar-refractivity contribution in [1.82, 2.24) is 15.5 Å². The highest BCUT2D eigenvalue weighted by Gasteiger charge is 2.21. The van der Waals surface area contributed by atoms with Crippen molar-refractivity contribution in [3.63, 3.8) is 0 Å². The first-order valence-corrected chi connectivity index (χ1v) is 9.98. The summed E-state index contributed by atoms with van der Waals surface area (Å²) < 4.78 is 0. The molecule has 134 valence electrons. The lowest BCUT2D eigenvalue weighted by Gasteiger charge is -2.35. The molecule has 2 N–H and O–H groups in total. The fourth-order valence-electron chi connectivity index (χ4n) is 3.94. The smallest absolute Gasteiger partial charge is 0.191 e. The molecule has 2 fully saturated rings. The number of likely N-dealkylation sites (tertiary alicyclic amines) is 1. The number of rotatable bonds is 7. The quantitative estimate of drug-likeness (QED) is 0.429. The third kappa shape index (κ3) is 6.70. The second-order valence-corrected chi connectivity index (χ2v) is 7.60. The lowest BCUT2D eigenvalue weighted by atomic mass is 10.0. The van der Waals surface area contributed by atoms with Crippen molar-refractivity contribution >= 4 is 5.96 Å². The van der Waals surface area contributed by atoms with E-state index in [1.807, 2.05) is 0 Å². The molecule has 0 amide bonds. The molecule has 0 unspecified atom stereocenters. The van der Waals surface area contributed by atoms with Gasteiger partial charge < -0.3 is 15.5 Å². The van der Waals surface area contributed by atoms with Crippen molar-refractivity contribution in [1.29, 1.82) is 0 Å². The van der Waals surface area contributed by atoms with Crippen molar-refractivity contribution in [2.45, 2.75) is 84.2 Å². The molecular weight excluding hydrogens is 284 g/mol. The summed E-state index contributed by atoms with van der Waals surface area (Å²) >= 11 is 0. The van der Waals surface area contributed by atoms with Gasteiger partial charge in [0.1, 0.15) is 0 Å². The SMILES string of the molecule is CCNC(=NCCCC1CCCC1)NC1CCN(C(C)C)CC1. The highest BCUT2D eigenvalue weighted by atomic mass is 15.2. The van der Waals surface area contributed by atoms with Gasteiger partial charge in [0.2, 0.25) is 0 Å². The first-order valence-electron chi connectivity index (χ1n) is 9.98. The Morgan fingerprint density at radius 3 is 2.43 bits per heavy atom. The summed E-state index contributed by atoms with van der Waals surface area (Å²) in [6.45, 7) is 11.1. The minimum atomic E-state index is 0.581. The number of piperidine rings is 1. The number of guanidine groups is 1. The molecule has 0 aromatic rings. The van der Waals surface area contributed by atoms with E-state index in [2.05, 4.69) is 36.3 Å². The Hall–Kier alpha value is -0.770. The monoisotopic (exact) mass is 322 g/mol. The van der Waals surface area contributed by atoms with E-state index in [-0.39, 0.29) is 0 Å². The molecule has 1 saturated carbocycles. The molecular formula is C19H38N4. The summed E-state index contributed by atoms with van der Waals surface area (Å²) in [5.41, 5.74) is 0. The summed E-state index contributed by atoms with van der Waals surface area (Å²) in [5, 5.41) is 7.07. The molecule has 0 bridgehead atoms. The number of nitrogens with zero attached hydrogens (tertiary/aromatic N) is 2. The summed E-state index contributed by atoms with van der Waals surface area (Å²) in [5.74, 6) is 2.02. The van der Waals surface area contributed by atoms with Crippen LogP contribution < -0.4 is 10.6 Å². The summed E-state index contributed by atoms with van der Waals surface area (Å²) in [6.07, 6.45) is 10.9. The van der Waals surface area contributed by atoms with Gasteiger partial charge in [0.15, 0.2) is 5.96 Å². The van der Waals surface area contributed by atoms with Gasteiger partial charge in [0.25, 0.3) is 0 Å². The third-order valence-electron chi connectivity index (χ3n) is 5.46. The fourth-order valence-corrected chi connectivity index (χ4v) is 3.94. The molecule has 1 aliphatic carbocycles. The molecule has 2 rings (SSSR count). The van der Waals surface area contributed by atoms with Gasteiger partial charge in [0, 0.05) is 38.3 Å². The van der Waals surface area contributed by atoms with E-state index in [0.717, 1.165) is 25.0 Å². The Bertz CT molecular complexity index is 339. The number of aliphatic imine (C=N–C) groups is 1. The molecule has 1 aliphatic heterocycles. The van der Waals surface area contributed by atoms with Crippen LogP contribution in [-0.4, -0.2) is 49.1 Å². The lowest BCUT2D eigenvalue weighted by Crippen LogP contribution is -2.49. The molecule has 0 spiro atoms. The van der Waals surface area contributed by atoms with Crippen LogP contribution in [0.15, 0.2) is 4.99 Å². The maximum Gasteiger partial charge on any atom is 0.191 e. The molecule has 0 radical (unpaired) electrons. The van der Waals surface area contributed by atoms with E-state index in [0.29, 0.717) is 12.1 Å². The maximum atomic E-state index is 4.80. The number of hydrogen-bond acceptors (Lipinski definition) is 2. The second kappa shape index (κ2) is 10.2. The predicted octanol–water partition coefficient (Wildman–Crippen LogP) is 3.38. The van der Waals surface area contributed by atoms with Gasteiger partial charge in [-0.05, 0) is 52.4 Å². The second-order valence-electron chi connectivity index (χ2n) is 7.60. The first kappa shape index (κ1) is 18.6. The summed E-state index contributed by atoms with van der Waals surface area (Å²) in [6, 6.07) is 1.26. The average molecular weight is 323 g/mol. The van der Waals surface area contributed by atoms with Crippen molar-refractivity contribution in [2.75, 3.05) is 26.2 Å². The van der Waals surface area contributed by atoms with Crippen LogP contribution in [0.25, 0.3) is 0 Å². The van der Waals surface area contributed by atoms with Gasteiger partial charge in [-0.2, -0.15) is 0 Å². The lowest BCUT2D eigenvalue weighted by molar-refractivity contribution is 0.167. The minimum absolute atomic E-state index is 0.581. The molecule has 4 heteroatoms. The van der Waals surface area contributed by atoms with Crippen LogP contribution in [-0.2, 0) is 0 Å². The topological polar surface area (TPSA) is 39.7 Å². The van der Waals surface area contributed by atoms with Crippen LogP contribution in [0.4, 0.5) is 0 Å². The Morgan fingerprint density at radius 2 is 1.83 bits per heavy atom. The first-order chi connectivity index (χ1) is 11.2. The van der Waals surface area contributed by atoms with Crippen LogP contribution in [0.5, 0.6) is 0 Å². The number of hydrogen-bond donors (Lipinski definition) is 2. The standard InChI is InChI=1S/C19H38N4/c1-4-20-19(21-13-7-10-17-8-5-6-9-17)22-18-11-14-23(15-12-18)16(2)3/h16-18H,4-15H2,1-3H3,(H2,20,21,22). The molecule has 4 nitrogen and oxygen atoms in total. The van der Waals surface area contributed by atoms with E-state index in [9.17, 15) is 0 Å². The molecule has 1 saturated heterocycles. The Balaban J connectivity index is 1.69. The summed E-state index contributed by atoms with van der Waals surface area (Å²) in [7, 11) is 0. The summed E-state index contributed by atoms with van der Waals surface area (Å²) in [4.78, 5) is 7.38. The Labute approximate surface area is 143 Å². The zero-order valence-electron chi connectivity index (χ0n) is 15.6. The van der Waals surface area contributed by atoms with E-state index in [1.54, 1.807) is 0 Å². The normalized spacial score (nSPS) is 22.0. The minimum Gasteiger partial charge on any atom is -0.357 e. The Kier molecular flexibility index (Phi) is 8.21. The van der Waals surface area contributed by atoms with Crippen molar-refractivity contribution < 1.29 is 0 Å². The van der Waals surface area contributed by atoms with Crippen LogP contribution in [0.3, 0.4) is 0 Å². The maximum absolute atomic E-state index is 4.80. The van der Waals surface area contributed by atoms with Gasteiger partial charge in [0.05, 0.1) is 0 Å². The Morgan fingerprint density at radius 1 is 1.13 bits per heavy atom. The molecule has 0 atom stereocenters. The van der Waals surface area contributed by atoms with Gasteiger partial charge in [-0.3, -0.25) is 4.99 Å². The van der Waals surface area contributed by atoms with E-state index in [4.69, 9.17) is 4.99 Å². The van der Waals surface area contributed by atoms with Gasteiger partial charge >= 0.3 is 0 Å². The molecule has 23 heavy (non-hydrogen) atoms. The van der Waals surface area contributed by atoms with Crippen LogP contribution >= 0.6 is 0 Å². The van der Waals surface area contributed by atoms with Crippen molar-refractivity contribution in [3.8, 4) is 0 Å². The predicted molar refractivity (Wildman–Crippen MR) is 100 cm³/mol. The zero-order valence-corrected chi connectivity index (χ0v) is 15.6. The third-order valence-corrected chi connectivity index (χ3v) is 5.46. The van der Waals surface area contributed by atoms with Crippen LogP contribution in [0, 0.1) is 5.92 Å². The van der Waals surface area contributed by atoms with Gasteiger partial charge in [-0.1, -0.05) is 25.7 Å². The molecule has 0 aromatic carbocycles. The van der Waals surface area contributed by atoms with E-state index >= 15 is 0 Å². The van der Waals surface area contributed by atoms with Crippen LogP contribution in [0.1, 0.15) is 72.1 Å². The molecule has 1 heterocycles. The van der Waals surface area contributed by atoms with Crippen molar-refractivity contribution in [2.24, 2.45) is 10.9 Å². The molecule has 0 aromatic heterocycles. The van der Waals surface area contributed by atoms with E-state index in [1.165, 1.54) is 64.5 Å². The fraction of sp³-hybridized carbons (Fsp3) is 0.947. The highest BCUT2D eigenvalue weighted by molar-refractivity contribution is 5.80. The highest BCUT2D eigenvalue weighted by Crippen LogP contribution is 2.28. The van der Waals surface area contributed by atoms with E-state index < -0.39 is 0 Å². The van der Waals surface area contributed by atoms with Crippen molar-refractivity contribution in [3.05, 3.63) is 0 Å². The van der Waals surface area contributed by atoms with Gasteiger partial charge in [-0.25, -0.2) is 0 Å². The number of nitrogens with one attached hydrogen (secondary N) is 2. The van der Waals surface area contributed by atoms with Crippen LogP contribution in [0.2, 0.25) is 0 Å². The van der Waals surface area contributed by atoms with Gasteiger partial charge in [-0.15, -0.1) is 0 Å². The zero-order chi connectivity index (χ0) is 16.5.